The van der Waals surface area contributed by atoms with Crippen molar-refractivity contribution < 1.29 is 8.42 Å². The molecule has 0 atom stereocenters. The topological polar surface area (TPSA) is 80.5 Å². The molecule has 3 aromatic rings. The van der Waals surface area contributed by atoms with Crippen LogP contribution >= 0.6 is 11.6 Å². The summed E-state index contributed by atoms with van der Waals surface area (Å²) >= 11 is 5.86. The van der Waals surface area contributed by atoms with Crippen LogP contribution in [0.5, 0.6) is 0 Å². The molecule has 25 heavy (non-hydrogen) atoms. The third-order valence-electron chi connectivity index (χ3n) is 3.66. The van der Waals surface area contributed by atoms with Crippen molar-refractivity contribution in [3.63, 3.8) is 0 Å². The van der Waals surface area contributed by atoms with E-state index in [-0.39, 0.29) is 17.4 Å². The van der Waals surface area contributed by atoms with Crippen LogP contribution in [-0.4, -0.2) is 34.5 Å². The molecule has 0 bridgehead atoms. The lowest BCUT2D eigenvalue weighted by Crippen LogP contribution is -2.32. The molecule has 0 aliphatic heterocycles. The average molecular weight is 380 g/mol. The second-order valence-corrected chi connectivity index (χ2v) is 7.99. The monoisotopic (exact) mass is 379 g/mol. The van der Waals surface area contributed by atoms with Crippen LogP contribution in [-0.2, 0) is 10.0 Å². The molecule has 0 amide bonds. The predicted octanol–water partition coefficient (Wildman–Crippen LogP) is 3.00. The quantitative estimate of drug-likeness (QED) is 0.680. The fraction of sp³-hybridized carbons (Fsp3) is 0.312. The van der Waals surface area contributed by atoms with Crippen molar-refractivity contribution >= 4 is 33.4 Å². The lowest BCUT2D eigenvalue weighted by atomic mass is 10.4. The first-order valence-electron chi connectivity index (χ1n) is 7.82. The number of hydrogen-bond acceptors (Lipinski definition) is 5. The number of hydrogen-bond donors (Lipinski definition) is 0. The molecule has 2 heterocycles. The van der Waals surface area contributed by atoms with Gasteiger partial charge in [-0.1, -0.05) is 18.5 Å². The number of fused-ring (bicyclic) bond motifs is 1. The molecule has 0 radical (unpaired) electrons. The van der Waals surface area contributed by atoms with E-state index in [1.54, 1.807) is 16.6 Å². The highest BCUT2D eigenvalue weighted by molar-refractivity contribution is 7.92. The van der Waals surface area contributed by atoms with E-state index in [0.29, 0.717) is 17.2 Å². The Hall–Kier alpha value is -2.19. The highest BCUT2D eigenvalue weighted by atomic mass is 35.5. The van der Waals surface area contributed by atoms with E-state index in [9.17, 15) is 8.42 Å². The molecule has 0 fully saturated rings. The molecule has 0 aliphatic rings. The Morgan fingerprint density at radius 1 is 1.16 bits per heavy atom. The fourth-order valence-corrected chi connectivity index (χ4v) is 4.10. The largest absolute Gasteiger partial charge is 0.266 e. The second kappa shape index (κ2) is 6.61. The Morgan fingerprint density at radius 3 is 2.48 bits per heavy atom. The number of rotatable bonds is 5. The minimum atomic E-state index is -3.80. The predicted molar refractivity (Wildman–Crippen MR) is 96.5 cm³/mol. The first-order chi connectivity index (χ1) is 11.8. The Kier molecular flexibility index (Phi) is 4.66. The van der Waals surface area contributed by atoms with E-state index in [0.717, 1.165) is 11.4 Å². The van der Waals surface area contributed by atoms with Crippen molar-refractivity contribution in [1.82, 2.24) is 19.6 Å². The summed E-state index contributed by atoms with van der Waals surface area (Å²) in [6, 6.07) is 7.91. The maximum atomic E-state index is 13.0. The molecule has 0 N–H and O–H groups in total. The molecule has 0 spiro atoms. The fourth-order valence-electron chi connectivity index (χ4n) is 2.53. The number of anilines is 1. The summed E-state index contributed by atoms with van der Waals surface area (Å²) in [6.45, 7) is 5.89. The van der Waals surface area contributed by atoms with Gasteiger partial charge in [-0.25, -0.2) is 17.7 Å². The Labute approximate surface area is 151 Å². The van der Waals surface area contributed by atoms with Gasteiger partial charge in [-0.3, -0.25) is 0 Å². The van der Waals surface area contributed by atoms with E-state index in [2.05, 4.69) is 15.1 Å². The van der Waals surface area contributed by atoms with E-state index in [4.69, 9.17) is 11.6 Å². The number of sulfonamides is 1. The SMILES string of the molecule is CCCN(c1nc2nc(C)cc(C)n2n1)S(=O)(=O)c1ccc(Cl)cc1. The maximum Gasteiger partial charge on any atom is 0.266 e. The first kappa shape index (κ1) is 17.6. The number of nitrogens with zero attached hydrogens (tertiary/aromatic N) is 5. The van der Waals surface area contributed by atoms with Crippen molar-refractivity contribution in [3.05, 3.63) is 46.7 Å². The maximum absolute atomic E-state index is 13.0. The van der Waals surface area contributed by atoms with E-state index < -0.39 is 10.0 Å². The van der Waals surface area contributed by atoms with Crippen molar-refractivity contribution in [3.8, 4) is 0 Å². The summed E-state index contributed by atoms with van der Waals surface area (Å²) in [6.07, 6.45) is 0.619. The van der Waals surface area contributed by atoms with E-state index >= 15 is 0 Å². The van der Waals surface area contributed by atoms with Gasteiger partial charge in [-0.2, -0.15) is 9.50 Å². The number of aromatic nitrogens is 4. The van der Waals surface area contributed by atoms with Gasteiger partial charge in [-0.15, -0.1) is 5.10 Å². The lowest BCUT2D eigenvalue weighted by Gasteiger charge is -2.20. The van der Waals surface area contributed by atoms with Gasteiger partial charge in [-0.05, 0) is 50.6 Å². The Bertz CT molecular complexity index is 1010. The molecule has 3 rings (SSSR count). The smallest absolute Gasteiger partial charge is 0.232 e. The summed E-state index contributed by atoms with van der Waals surface area (Å²) in [5.74, 6) is 0.484. The highest BCUT2D eigenvalue weighted by Crippen LogP contribution is 2.23. The van der Waals surface area contributed by atoms with Gasteiger partial charge in [0, 0.05) is 23.0 Å². The summed E-state index contributed by atoms with van der Waals surface area (Å²) in [5, 5.41) is 4.82. The number of aryl methyl sites for hydroxylation is 2. The summed E-state index contributed by atoms with van der Waals surface area (Å²) in [7, 11) is -3.80. The average Bonchev–Trinajstić information content (AvgIpc) is 2.96. The summed E-state index contributed by atoms with van der Waals surface area (Å²) in [4.78, 5) is 8.78. The summed E-state index contributed by atoms with van der Waals surface area (Å²) < 4.78 is 28.8. The minimum Gasteiger partial charge on any atom is -0.232 e. The van der Waals surface area contributed by atoms with Gasteiger partial charge in [0.15, 0.2) is 0 Å². The van der Waals surface area contributed by atoms with Crippen LogP contribution in [0.2, 0.25) is 5.02 Å². The minimum absolute atomic E-state index is 0.109. The zero-order chi connectivity index (χ0) is 18.2. The van der Waals surface area contributed by atoms with Crippen LogP contribution in [0.25, 0.3) is 5.78 Å². The molecule has 2 aromatic heterocycles. The third kappa shape index (κ3) is 3.32. The molecular formula is C16H18ClN5O2S. The van der Waals surface area contributed by atoms with Gasteiger partial charge in [0.25, 0.3) is 21.7 Å². The first-order valence-corrected chi connectivity index (χ1v) is 9.64. The van der Waals surface area contributed by atoms with Crippen molar-refractivity contribution in [2.24, 2.45) is 0 Å². The number of halogens is 1. The molecule has 0 saturated carbocycles. The van der Waals surface area contributed by atoms with Crippen molar-refractivity contribution in [2.75, 3.05) is 10.8 Å². The van der Waals surface area contributed by atoms with Gasteiger partial charge in [0.2, 0.25) is 0 Å². The van der Waals surface area contributed by atoms with Gasteiger partial charge >= 0.3 is 0 Å². The van der Waals surface area contributed by atoms with E-state index in [1.165, 1.54) is 16.4 Å². The second-order valence-electron chi connectivity index (χ2n) is 5.69. The molecule has 0 aliphatic carbocycles. The Balaban J connectivity index is 2.12. The van der Waals surface area contributed by atoms with Crippen LogP contribution in [0, 0.1) is 13.8 Å². The molecule has 132 valence electrons. The summed E-state index contributed by atoms with van der Waals surface area (Å²) in [5.41, 5.74) is 1.63. The standard InChI is InChI=1S/C16H18ClN5O2S/c1-4-9-21(25(23,24)14-7-5-13(17)6-8-14)16-19-15-18-11(2)10-12(3)22(15)20-16/h5-8,10H,4,9H2,1-3H3. The molecule has 0 saturated heterocycles. The Morgan fingerprint density at radius 2 is 1.84 bits per heavy atom. The van der Waals surface area contributed by atoms with Crippen molar-refractivity contribution in [2.45, 2.75) is 32.1 Å². The molecule has 0 unspecified atom stereocenters. The lowest BCUT2D eigenvalue weighted by molar-refractivity contribution is 0.588. The van der Waals surface area contributed by atoms with Crippen LogP contribution < -0.4 is 4.31 Å². The van der Waals surface area contributed by atoms with Crippen LogP contribution in [0.4, 0.5) is 5.95 Å². The molecule has 9 heteroatoms. The van der Waals surface area contributed by atoms with Crippen LogP contribution in [0.15, 0.2) is 35.2 Å². The zero-order valence-electron chi connectivity index (χ0n) is 14.1. The molecule has 1 aromatic carbocycles. The number of benzene rings is 1. The van der Waals surface area contributed by atoms with E-state index in [1.807, 2.05) is 26.8 Å². The zero-order valence-corrected chi connectivity index (χ0v) is 15.7. The molecule has 7 nitrogen and oxygen atoms in total. The highest BCUT2D eigenvalue weighted by Gasteiger charge is 2.28. The van der Waals surface area contributed by atoms with Gasteiger partial charge in [0.1, 0.15) is 0 Å². The van der Waals surface area contributed by atoms with Gasteiger partial charge in [0.05, 0.1) is 4.90 Å². The van der Waals surface area contributed by atoms with Crippen LogP contribution in [0.1, 0.15) is 24.7 Å². The third-order valence-corrected chi connectivity index (χ3v) is 5.70. The normalized spacial score (nSPS) is 11.8. The van der Waals surface area contributed by atoms with Gasteiger partial charge < -0.3 is 0 Å². The molecular weight excluding hydrogens is 362 g/mol. The van der Waals surface area contributed by atoms with Crippen molar-refractivity contribution in [1.29, 1.82) is 0 Å². The van der Waals surface area contributed by atoms with Crippen LogP contribution in [0.3, 0.4) is 0 Å².